The van der Waals surface area contributed by atoms with Crippen LogP contribution in [-0.2, 0) is 9.53 Å². The summed E-state index contributed by atoms with van der Waals surface area (Å²) >= 11 is 6.43. The molecular weight excluding hydrogens is 528 g/mol. The van der Waals surface area contributed by atoms with Gasteiger partial charge in [0.25, 0.3) is 5.56 Å². The first-order chi connectivity index (χ1) is 15.9. The van der Waals surface area contributed by atoms with Crippen molar-refractivity contribution in [2.75, 3.05) is 20.8 Å². The van der Waals surface area contributed by atoms with Crippen molar-refractivity contribution in [1.82, 2.24) is 4.57 Å². The van der Waals surface area contributed by atoms with Crippen LogP contribution in [0.2, 0.25) is 0 Å². The van der Waals surface area contributed by atoms with E-state index in [2.05, 4.69) is 20.9 Å². The SMILES string of the molecule is CCOC(=O)C1=C(C)N=c2sc(=Cc3cccs3)c(=O)n2C1c1cc(OC)c(OC)cc1Br. The third kappa shape index (κ3) is 4.30. The number of hydrogen-bond donors (Lipinski definition) is 0. The standard InChI is InChI=1S/C23H21BrN2O5S2/c1-5-31-22(28)19-12(2)25-23-26(21(27)18(33-23)9-13-7-6-8-32-13)20(19)14-10-16(29-3)17(30-4)11-15(14)24/h6-11,20H,5H2,1-4H3. The molecule has 2 aromatic heterocycles. The third-order valence-corrected chi connectivity index (χ3v) is 7.62. The largest absolute Gasteiger partial charge is 0.493 e. The van der Waals surface area contributed by atoms with Crippen LogP contribution in [0, 0.1) is 0 Å². The molecule has 10 heteroatoms. The highest BCUT2D eigenvalue weighted by Gasteiger charge is 2.35. The van der Waals surface area contributed by atoms with E-state index in [1.165, 1.54) is 18.4 Å². The van der Waals surface area contributed by atoms with Crippen molar-refractivity contribution in [3.63, 3.8) is 0 Å². The number of fused-ring (bicyclic) bond motifs is 1. The van der Waals surface area contributed by atoms with Crippen LogP contribution in [0.3, 0.4) is 0 Å². The summed E-state index contributed by atoms with van der Waals surface area (Å²) in [5.74, 6) is 0.490. The number of halogens is 1. The summed E-state index contributed by atoms with van der Waals surface area (Å²) in [6, 6.07) is 6.65. The number of nitrogens with zero attached hydrogens (tertiary/aromatic N) is 2. The molecule has 0 radical (unpaired) electrons. The van der Waals surface area contributed by atoms with Gasteiger partial charge >= 0.3 is 5.97 Å². The number of methoxy groups -OCH3 is 2. The Balaban J connectivity index is 2.02. The van der Waals surface area contributed by atoms with Gasteiger partial charge in [-0.25, -0.2) is 9.79 Å². The molecule has 1 unspecified atom stereocenters. The Labute approximate surface area is 206 Å². The van der Waals surface area contributed by atoms with E-state index in [4.69, 9.17) is 14.2 Å². The Bertz CT molecular complexity index is 1420. The van der Waals surface area contributed by atoms with E-state index in [0.717, 1.165) is 4.88 Å². The molecule has 1 aromatic carbocycles. The zero-order chi connectivity index (χ0) is 23.7. The van der Waals surface area contributed by atoms with Gasteiger partial charge in [-0.1, -0.05) is 33.3 Å². The minimum Gasteiger partial charge on any atom is -0.493 e. The molecule has 33 heavy (non-hydrogen) atoms. The number of allylic oxidation sites excluding steroid dienone is 1. The Morgan fingerprint density at radius 3 is 2.64 bits per heavy atom. The molecule has 4 rings (SSSR count). The number of hydrogen-bond acceptors (Lipinski definition) is 8. The monoisotopic (exact) mass is 548 g/mol. The lowest BCUT2D eigenvalue weighted by atomic mass is 9.95. The van der Waals surface area contributed by atoms with Crippen LogP contribution >= 0.6 is 38.6 Å². The van der Waals surface area contributed by atoms with E-state index in [1.807, 2.05) is 23.6 Å². The molecule has 0 aliphatic carbocycles. The fraction of sp³-hybridized carbons (Fsp3) is 0.261. The van der Waals surface area contributed by atoms with Gasteiger partial charge in [-0.15, -0.1) is 11.3 Å². The van der Waals surface area contributed by atoms with Crippen molar-refractivity contribution < 1.29 is 19.0 Å². The van der Waals surface area contributed by atoms with Crippen LogP contribution in [0.1, 0.15) is 30.3 Å². The van der Waals surface area contributed by atoms with Gasteiger partial charge in [0, 0.05) is 9.35 Å². The van der Waals surface area contributed by atoms with E-state index in [-0.39, 0.29) is 12.2 Å². The molecule has 3 aromatic rings. The summed E-state index contributed by atoms with van der Waals surface area (Å²) in [4.78, 5) is 32.7. The molecule has 1 atom stereocenters. The molecule has 7 nitrogen and oxygen atoms in total. The van der Waals surface area contributed by atoms with Crippen molar-refractivity contribution in [3.8, 4) is 11.5 Å². The van der Waals surface area contributed by atoms with Crippen molar-refractivity contribution >= 4 is 50.6 Å². The Kier molecular flexibility index (Phi) is 6.87. The average molecular weight is 549 g/mol. The first kappa shape index (κ1) is 23.5. The number of ether oxygens (including phenoxy) is 3. The van der Waals surface area contributed by atoms with E-state index in [0.29, 0.717) is 42.1 Å². The predicted molar refractivity (Wildman–Crippen MR) is 132 cm³/mol. The second kappa shape index (κ2) is 9.66. The number of carbonyl (C=O) groups is 1. The molecule has 1 aliphatic heterocycles. The molecule has 0 bridgehead atoms. The molecule has 0 N–H and O–H groups in total. The van der Waals surface area contributed by atoms with Gasteiger partial charge in [0.1, 0.15) is 0 Å². The van der Waals surface area contributed by atoms with Gasteiger partial charge in [0.05, 0.1) is 42.7 Å². The molecule has 0 spiro atoms. The van der Waals surface area contributed by atoms with Crippen LogP contribution in [0.15, 0.2) is 55.2 Å². The smallest absolute Gasteiger partial charge is 0.338 e. The Morgan fingerprint density at radius 2 is 2.00 bits per heavy atom. The summed E-state index contributed by atoms with van der Waals surface area (Å²) in [6.07, 6.45) is 1.85. The van der Waals surface area contributed by atoms with Crippen molar-refractivity contribution in [3.05, 3.63) is 75.5 Å². The fourth-order valence-corrected chi connectivity index (χ4v) is 5.98. The van der Waals surface area contributed by atoms with Gasteiger partial charge in [-0.2, -0.15) is 0 Å². The number of thiazole rings is 1. The molecule has 0 saturated heterocycles. The van der Waals surface area contributed by atoms with E-state index in [9.17, 15) is 9.59 Å². The molecule has 172 valence electrons. The zero-order valence-corrected chi connectivity index (χ0v) is 21.6. The summed E-state index contributed by atoms with van der Waals surface area (Å²) in [7, 11) is 3.08. The summed E-state index contributed by atoms with van der Waals surface area (Å²) in [5, 5.41) is 1.95. The Hall–Kier alpha value is -2.69. The van der Waals surface area contributed by atoms with Crippen molar-refractivity contribution in [2.45, 2.75) is 19.9 Å². The maximum Gasteiger partial charge on any atom is 0.338 e. The van der Waals surface area contributed by atoms with Gasteiger partial charge in [0.15, 0.2) is 16.3 Å². The van der Waals surface area contributed by atoms with Crippen LogP contribution in [-0.4, -0.2) is 31.4 Å². The van der Waals surface area contributed by atoms with Gasteiger partial charge < -0.3 is 14.2 Å². The second-order valence-electron chi connectivity index (χ2n) is 7.05. The predicted octanol–water partition coefficient (Wildman–Crippen LogP) is 3.64. The van der Waals surface area contributed by atoms with Crippen LogP contribution in [0.4, 0.5) is 0 Å². The summed E-state index contributed by atoms with van der Waals surface area (Å²) in [6.45, 7) is 3.70. The first-order valence-corrected chi connectivity index (χ1v) is 12.5. The van der Waals surface area contributed by atoms with Gasteiger partial charge in [0.2, 0.25) is 0 Å². The highest BCUT2D eigenvalue weighted by Crippen LogP contribution is 2.40. The van der Waals surface area contributed by atoms with Gasteiger partial charge in [-0.05, 0) is 49.1 Å². The number of rotatable bonds is 6. The fourth-order valence-electron chi connectivity index (χ4n) is 3.67. The number of esters is 1. The maximum atomic E-state index is 13.6. The Morgan fingerprint density at radius 1 is 1.27 bits per heavy atom. The lowest BCUT2D eigenvalue weighted by Gasteiger charge is -2.26. The number of aromatic nitrogens is 1. The average Bonchev–Trinajstić information content (AvgIpc) is 3.41. The third-order valence-electron chi connectivity index (χ3n) is 5.13. The first-order valence-electron chi connectivity index (χ1n) is 10.0. The van der Waals surface area contributed by atoms with Gasteiger partial charge in [-0.3, -0.25) is 9.36 Å². The molecule has 0 saturated carbocycles. The molecular formula is C23H21BrN2O5S2. The topological polar surface area (TPSA) is 79.1 Å². The lowest BCUT2D eigenvalue weighted by Crippen LogP contribution is -2.40. The summed E-state index contributed by atoms with van der Waals surface area (Å²) < 4.78 is 19.0. The second-order valence-corrected chi connectivity index (χ2v) is 9.89. The number of thiophene rings is 1. The van der Waals surface area contributed by atoms with Crippen LogP contribution < -0.4 is 24.4 Å². The van der Waals surface area contributed by atoms with Crippen LogP contribution in [0.5, 0.6) is 11.5 Å². The number of benzene rings is 1. The minimum absolute atomic E-state index is 0.207. The number of carbonyl (C=O) groups excluding carboxylic acids is 1. The summed E-state index contributed by atoms with van der Waals surface area (Å²) in [5.41, 5.74) is 1.24. The lowest BCUT2D eigenvalue weighted by molar-refractivity contribution is -0.139. The molecule has 0 amide bonds. The van der Waals surface area contributed by atoms with Crippen molar-refractivity contribution in [2.24, 2.45) is 4.99 Å². The maximum absolute atomic E-state index is 13.6. The van der Waals surface area contributed by atoms with Crippen LogP contribution in [0.25, 0.3) is 6.08 Å². The zero-order valence-electron chi connectivity index (χ0n) is 18.4. The molecule has 0 fully saturated rings. The van der Waals surface area contributed by atoms with Crippen molar-refractivity contribution in [1.29, 1.82) is 0 Å². The van der Waals surface area contributed by atoms with E-state index >= 15 is 0 Å². The van der Waals surface area contributed by atoms with E-state index < -0.39 is 12.0 Å². The highest BCUT2D eigenvalue weighted by molar-refractivity contribution is 9.10. The molecule has 3 heterocycles. The quantitative estimate of drug-likeness (QED) is 0.439. The highest BCUT2D eigenvalue weighted by atomic mass is 79.9. The normalized spacial score (nSPS) is 15.8. The molecule has 1 aliphatic rings. The minimum atomic E-state index is -0.750. The van der Waals surface area contributed by atoms with E-state index in [1.54, 1.807) is 49.0 Å².